The van der Waals surface area contributed by atoms with E-state index in [1.807, 2.05) is 26.8 Å². The van der Waals surface area contributed by atoms with Crippen molar-refractivity contribution < 1.29 is 19.2 Å². The van der Waals surface area contributed by atoms with Crippen LogP contribution in [0.4, 0.5) is 5.69 Å². The zero-order chi connectivity index (χ0) is 19.4. The summed E-state index contributed by atoms with van der Waals surface area (Å²) in [5.41, 5.74) is 3.26. The molecule has 0 spiro atoms. The van der Waals surface area contributed by atoms with E-state index >= 15 is 0 Å². The molecule has 0 radical (unpaired) electrons. The minimum Gasteiger partial charge on any atom is -0.454 e. The highest BCUT2D eigenvalue weighted by Gasteiger charge is 2.19. The predicted molar refractivity (Wildman–Crippen MR) is 100 cm³/mol. The van der Waals surface area contributed by atoms with Gasteiger partial charge in [0.2, 0.25) is 5.78 Å². The number of Topliss-reactive ketones (excluding diaryl/α,β-unsaturated/α-hetero) is 1. The standard InChI is InChI=1S/C19H19NO5S/c1-11-7-13(3)15(8-12(11)2)17(21)10-25-19(22)14-5-6-18(26-4)16(9-14)20(23)24/h5-9H,10H2,1-4H3. The summed E-state index contributed by atoms with van der Waals surface area (Å²) in [4.78, 5) is 35.5. The number of thioether (sulfide) groups is 1. The Kier molecular flexibility index (Phi) is 6.15. The fraction of sp³-hybridized carbons (Fsp3) is 0.263. The molecule has 0 amide bonds. The van der Waals surface area contributed by atoms with Crippen LogP contribution in [0.1, 0.15) is 37.4 Å². The van der Waals surface area contributed by atoms with Crippen molar-refractivity contribution in [1.82, 2.24) is 0 Å². The molecule has 0 aliphatic heterocycles. The molecule has 0 atom stereocenters. The van der Waals surface area contributed by atoms with Crippen LogP contribution in [-0.4, -0.2) is 29.5 Å². The molecule has 136 valence electrons. The number of ketones is 1. The zero-order valence-corrected chi connectivity index (χ0v) is 15.8. The Morgan fingerprint density at radius 3 is 2.35 bits per heavy atom. The van der Waals surface area contributed by atoms with Crippen LogP contribution in [0.15, 0.2) is 35.2 Å². The Labute approximate surface area is 155 Å². The molecular weight excluding hydrogens is 354 g/mol. The number of hydrogen-bond donors (Lipinski definition) is 0. The number of ether oxygens (including phenoxy) is 1. The molecule has 0 N–H and O–H groups in total. The average Bonchev–Trinajstić information content (AvgIpc) is 2.61. The molecule has 6 nitrogen and oxygen atoms in total. The van der Waals surface area contributed by atoms with E-state index in [0.717, 1.165) is 16.7 Å². The number of carbonyl (C=O) groups is 2. The van der Waals surface area contributed by atoms with E-state index in [2.05, 4.69) is 0 Å². The Hall–Kier alpha value is -2.67. The van der Waals surface area contributed by atoms with Gasteiger partial charge in [-0.3, -0.25) is 14.9 Å². The molecule has 2 aromatic carbocycles. The number of carbonyl (C=O) groups excluding carboxylic acids is 2. The van der Waals surface area contributed by atoms with Crippen LogP contribution >= 0.6 is 11.8 Å². The van der Waals surface area contributed by atoms with E-state index in [9.17, 15) is 19.7 Å². The van der Waals surface area contributed by atoms with Crippen LogP contribution in [0.2, 0.25) is 0 Å². The highest BCUT2D eigenvalue weighted by molar-refractivity contribution is 7.98. The molecule has 26 heavy (non-hydrogen) atoms. The van der Waals surface area contributed by atoms with Crippen molar-refractivity contribution in [2.45, 2.75) is 25.7 Å². The lowest BCUT2D eigenvalue weighted by atomic mass is 9.98. The second-order valence-corrected chi connectivity index (χ2v) is 6.74. The normalized spacial score (nSPS) is 10.5. The van der Waals surface area contributed by atoms with Gasteiger partial charge >= 0.3 is 5.97 Å². The first-order valence-electron chi connectivity index (χ1n) is 7.85. The van der Waals surface area contributed by atoms with Gasteiger partial charge in [0.15, 0.2) is 6.61 Å². The van der Waals surface area contributed by atoms with Gasteiger partial charge in [0, 0.05) is 11.6 Å². The second kappa shape index (κ2) is 8.14. The number of rotatable bonds is 6. The highest BCUT2D eigenvalue weighted by atomic mass is 32.2. The molecule has 0 bridgehead atoms. The molecule has 0 aliphatic rings. The van der Waals surface area contributed by atoms with Crippen molar-refractivity contribution in [3.8, 4) is 0 Å². The molecule has 0 saturated carbocycles. The van der Waals surface area contributed by atoms with Gasteiger partial charge in [0.25, 0.3) is 5.69 Å². The first-order valence-corrected chi connectivity index (χ1v) is 9.07. The van der Waals surface area contributed by atoms with E-state index in [-0.39, 0.29) is 17.0 Å². The van der Waals surface area contributed by atoms with Crippen LogP contribution in [0, 0.1) is 30.9 Å². The predicted octanol–water partition coefficient (Wildman–Crippen LogP) is 4.28. The number of nitrogens with zero attached hydrogens (tertiary/aromatic N) is 1. The summed E-state index contributed by atoms with van der Waals surface area (Å²) in [6.45, 7) is 5.28. The van der Waals surface area contributed by atoms with E-state index in [1.54, 1.807) is 12.3 Å². The first-order chi connectivity index (χ1) is 12.2. The van der Waals surface area contributed by atoms with Crippen LogP contribution in [0.25, 0.3) is 0 Å². The van der Waals surface area contributed by atoms with Gasteiger partial charge < -0.3 is 4.74 Å². The highest BCUT2D eigenvalue weighted by Crippen LogP contribution is 2.28. The topological polar surface area (TPSA) is 86.5 Å². The lowest BCUT2D eigenvalue weighted by molar-refractivity contribution is -0.387. The van der Waals surface area contributed by atoms with Crippen molar-refractivity contribution in [2.75, 3.05) is 12.9 Å². The van der Waals surface area contributed by atoms with E-state index in [0.29, 0.717) is 10.5 Å². The molecular formula is C19H19NO5S. The van der Waals surface area contributed by atoms with Crippen LogP contribution in [0.3, 0.4) is 0 Å². The first kappa shape index (κ1) is 19.7. The summed E-state index contributed by atoms with van der Waals surface area (Å²) in [6.07, 6.45) is 1.71. The molecule has 7 heteroatoms. The molecule has 0 heterocycles. The quantitative estimate of drug-likeness (QED) is 0.247. The third kappa shape index (κ3) is 4.29. The van der Waals surface area contributed by atoms with Gasteiger partial charge in [0.1, 0.15) is 0 Å². The van der Waals surface area contributed by atoms with Crippen LogP contribution < -0.4 is 0 Å². The lowest BCUT2D eigenvalue weighted by Gasteiger charge is -2.10. The maximum Gasteiger partial charge on any atom is 0.338 e. The molecule has 0 unspecified atom stereocenters. The molecule has 0 aliphatic carbocycles. The van der Waals surface area contributed by atoms with Crippen molar-refractivity contribution in [3.63, 3.8) is 0 Å². The number of nitro groups is 1. The lowest BCUT2D eigenvalue weighted by Crippen LogP contribution is -2.15. The SMILES string of the molecule is CSc1ccc(C(=O)OCC(=O)c2cc(C)c(C)cc2C)cc1[N+](=O)[O-]. The number of aryl methyl sites for hydroxylation is 3. The molecule has 0 saturated heterocycles. The monoisotopic (exact) mass is 373 g/mol. The van der Waals surface area contributed by atoms with E-state index < -0.39 is 17.5 Å². The van der Waals surface area contributed by atoms with Gasteiger partial charge in [0.05, 0.1) is 15.4 Å². The summed E-state index contributed by atoms with van der Waals surface area (Å²) < 4.78 is 5.06. The number of benzene rings is 2. The van der Waals surface area contributed by atoms with Crippen molar-refractivity contribution in [3.05, 3.63) is 68.3 Å². The summed E-state index contributed by atoms with van der Waals surface area (Å²) in [5, 5.41) is 11.1. The molecule has 0 fully saturated rings. The molecule has 2 rings (SSSR count). The van der Waals surface area contributed by atoms with Gasteiger partial charge in [-0.2, -0.15) is 0 Å². The summed E-state index contributed by atoms with van der Waals surface area (Å²) in [6, 6.07) is 7.80. The van der Waals surface area contributed by atoms with Gasteiger partial charge in [-0.25, -0.2) is 4.79 Å². The minimum absolute atomic E-state index is 0.0408. The summed E-state index contributed by atoms with van der Waals surface area (Å²) in [7, 11) is 0. The van der Waals surface area contributed by atoms with Gasteiger partial charge in [-0.05, 0) is 61.9 Å². The molecule has 0 aromatic heterocycles. The minimum atomic E-state index is -0.768. The largest absolute Gasteiger partial charge is 0.454 e. The number of hydrogen-bond acceptors (Lipinski definition) is 6. The second-order valence-electron chi connectivity index (χ2n) is 5.89. The molecule has 2 aromatic rings. The maximum atomic E-state index is 12.4. The zero-order valence-electron chi connectivity index (χ0n) is 15.0. The van der Waals surface area contributed by atoms with Gasteiger partial charge in [-0.1, -0.05) is 6.07 Å². The number of nitro benzene ring substituents is 1. The average molecular weight is 373 g/mol. The van der Waals surface area contributed by atoms with Gasteiger partial charge in [-0.15, -0.1) is 11.8 Å². The Morgan fingerprint density at radius 2 is 1.73 bits per heavy atom. The van der Waals surface area contributed by atoms with Crippen LogP contribution in [0.5, 0.6) is 0 Å². The Morgan fingerprint density at radius 1 is 1.08 bits per heavy atom. The van der Waals surface area contributed by atoms with Crippen molar-refractivity contribution in [2.24, 2.45) is 0 Å². The Balaban J connectivity index is 2.14. The third-order valence-corrected chi connectivity index (χ3v) is 4.87. The smallest absolute Gasteiger partial charge is 0.338 e. The van der Waals surface area contributed by atoms with E-state index in [4.69, 9.17) is 4.74 Å². The van der Waals surface area contributed by atoms with Crippen LogP contribution in [-0.2, 0) is 4.74 Å². The van der Waals surface area contributed by atoms with E-state index in [1.165, 1.54) is 30.0 Å². The maximum absolute atomic E-state index is 12.4. The summed E-state index contributed by atoms with van der Waals surface area (Å²) in [5.74, 6) is -1.08. The summed E-state index contributed by atoms with van der Waals surface area (Å²) >= 11 is 1.22. The number of esters is 1. The third-order valence-electron chi connectivity index (χ3n) is 4.09. The fourth-order valence-corrected chi connectivity index (χ4v) is 3.06. The fourth-order valence-electron chi connectivity index (χ4n) is 2.51. The van der Waals surface area contributed by atoms with Crippen molar-refractivity contribution in [1.29, 1.82) is 0 Å². The Bertz CT molecular complexity index is 892. The van der Waals surface area contributed by atoms with Crippen molar-refractivity contribution >= 4 is 29.2 Å².